The lowest BCUT2D eigenvalue weighted by atomic mass is 10.2. The molecule has 2 aromatic rings. The molecule has 0 aliphatic rings. The zero-order valence-electron chi connectivity index (χ0n) is 10.9. The molecule has 0 saturated carbocycles. The molecule has 0 saturated heterocycles. The summed E-state index contributed by atoms with van der Waals surface area (Å²) < 4.78 is 19.3. The standard InChI is InChI=1S/C14H12BrFN2O3/c15-11-2-1-9(13(6-11)18(19)20)8-21-14-4-3-12(16)5-10(14)7-17/h1-6H,7-8,17H2. The minimum Gasteiger partial charge on any atom is -0.488 e. The van der Waals surface area contributed by atoms with Gasteiger partial charge in [0, 0.05) is 22.6 Å². The summed E-state index contributed by atoms with van der Waals surface area (Å²) in [5.41, 5.74) is 6.42. The van der Waals surface area contributed by atoms with Crippen molar-refractivity contribution < 1.29 is 14.1 Å². The second kappa shape index (κ2) is 6.64. The largest absolute Gasteiger partial charge is 0.488 e. The quantitative estimate of drug-likeness (QED) is 0.657. The fourth-order valence-electron chi connectivity index (χ4n) is 1.83. The van der Waals surface area contributed by atoms with E-state index in [2.05, 4.69) is 15.9 Å². The van der Waals surface area contributed by atoms with Crippen molar-refractivity contribution in [3.8, 4) is 5.75 Å². The monoisotopic (exact) mass is 354 g/mol. The molecule has 0 heterocycles. The summed E-state index contributed by atoms with van der Waals surface area (Å²) in [4.78, 5) is 10.5. The summed E-state index contributed by atoms with van der Waals surface area (Å²) in [5.74, 6) is 0.00791. The van der Waals surface area contributed by atoms with Gasteiger partial charge in [-0.3, -0.25) is 10.1 Å². The van der Waals surface area contributed by atoms with Gasteiger partial charge in [-0.05, 0) is 30.3 Å². The fourth-order valence-corrected chi connectivity index (χ4v) is 2.18. The molecule has 0 atom stereocenters. The second-order valence-corrected chi connectivity index (χ2v) is 5.19. The predicted octanol–water partition coefficient (Wildman–Crippen LogP) is 3.53. The first kappa shape index (κ1) is 15.4. The molecule has 2 aromatic carbocycles. The first-order chi connectivity index (χ1) is 10.0. The van der Waals surface area contributed by atoms with Crippen LogP contribution in [0.1, 0.15) is 11.1 Å². The smallest absolute Gasteiger partial charge is 0.277 e. The summed E-state index contributed by atoms with van der Waals surface area (Å²) in [7, 11) is 0. The second-order valence-electron chi connectivity index (χ2n) is 4.27. The van der Waals surface area contributed by atoms with Crippen LogP contribution in [-0.4, -0.2) is 4.92 Å². The van der Waals surface area contributed by atoms with Crippen molar-refractivity contribution in [1.29, 1.82) is 0 Å². The molecule has 5 nitrogen and oxygen atoms in total. The van der Waals surface area contributed by atoms with Crippen molar-refractivity contribution >= 4 is 21.6 Å². The highest BCUT2D eigenvalue weighted by Gasteiger charge is 2.15. The lowest BCUT2D eigenvalue weighted by Gasteiger charge is -2.11. The number of nitrogens with zero attached hydrogens (tertiary/aromatic N) is 1. The van der Waals surface area contributed by atoms with Crippen LogP contribution < -0.4 is 10.5 Å². The van der Waals surface area contributed by atoms with E-state index in [0.717, 1.165) is 0 Å². The highest BCUT2D eigenvalue weighted by molar-refractivity contribution is 9.10. The van der Waals surface area contributed by atoms with Crippen LogP contribution in [0.15, 0.2) is 40.9 Å². The van der Waals surface area contributed by atoms with Crippen molar-refractivity contribution in [1.82, 2.24) is 0 Å². The Morgan fingerprint density at radius 1 is 1.24 bits per heavy atom. The maximum Gasteiger partial charge on any atom is 0.277 e. The highest BCUT2D eigenvalue weighted by atomic mass is 79.9. The summed E-state index contributed by atoms with van der Waals surface area (Å²) >= 11 is 3.19. The lowest BCUT2D eigenvalue weighted by molar-refractivity contribution is -0.385. The van der Waals surface area contributed by atoms with Crippen LogP contribution in [0.4, 0.5) is 10.1 Å². The van der Waals surface area contributed by atoms with E-state index in [0.29, 0.717) is 21.3 Å². The normalized spacial score (nSPS) is 10.4. The van der Waals surface area contributed by atoms with Crippen LogP contribution in [-0.2, 0) is 13.2 Å². The Bertz CT molecular complexity index is 679. The van der Waals surface area contributed by atoms with E-state index in [9.17, 15) is 14.5 Å². The van der Waals surface area contributed by atoms with E-state index >= 15 is 0 Å². The number of benzene rings is 2. The molecular weight excluding hydrogens is 343 g/mol. The molecule has 0 spiro atoms. The Morgan fingerprint density at radius 2 is 2.00 bits per heavy atom. The predicted molar refractivity (Wildman–Crippen MR) is 79.4 cm³/mol. The number of nitro benzene ring substituents is 1. The Morgan fingerprint density at radius 3 is 2.67 bits per heavy atom. The van der Waals surface area contributed by atoms with Gasteiger partial charge in [0.25, 0.3) is 5.69 Å². The molecule has 0 fully saturated rings. The summed E-state index contributed by atoms with van der Waals surface area (Å²) in [6, 6.07) is 8.71. The van der Waals surface area contributed by atoms with Crippen LogP contribution in [0.2, 0.25) is 0 Å². The van der Waals surface area contributed by atoms with Crippen molar-refractivity contribution in [2.45, 2.75) is 13.2 Å². The van der Waals surface area contributed by atoms with E-state index in [1.54, 1.807) is 12.1 Å². The maximum absolute atomic E-state index is 13.1. The van der Waals surface area contributed by atoms with Crippen LogP contribution in [0.3, 0.4) is 0 Å². The van der Waals surface area contributed by atoms with Gasteiger partial charge in [0.15, 0.2) is 0 Å². The molecule has 7 heteroatoms. The molecule has 0 aliphatic carbocycles. The van der Waals surface area contributed by atoms with Crippen molar-refractivity contribution in [2.75, 3.05) is 0 Å². The van der Waals surface area contributed by atoms with Crippen molar-refractivity contribution in [3.63, 3.8) is 0 Å². The van der Waals surface area contributed by atoms with E-state index in [1.807, 2.05) is 0 Å². The number of nitrogens with two attached hydrogens (primary N) is 1. The molecule has 21 heavy (non-hydrogen) atoms. The number of rotatable bonds is 5. The van der Waals surface area contributed by atoms with Gasteiger partial charge in [-0.1, -0.05) is 15.9 Å². The molecule has 0 unspecified atom stereocenters. The van der Waals surface area contributed by atoms with Crippen molar-refractivity contribution in [3.05, 3.63) is 67.9 Å². The van der Waals surface area contributed by atoms with Gasteiger partial charge in [0.1, 0.15) is 18.2 Å². The van der Waals surface area contributed by atoms with Gasteiger partial charge in [-0.15, -0.1) is 0 Å². The van der Waals surface area contributed by atoms with E-state index < -0.39 is 10.7 Å². The Balaban J connectivity index is 2.22. The van der Waals surface area contributed by atoms with E-state index in [-0.39, 0.29) is 18.8 Å². The number of ether oxygens (including phenoxy) is 1. The van der Waals surface area contributed by atoms with Crippen LogP contribution in [0, 0.1) is 15.9 Å². The van der Waals surface area contributed by atoms with E-state index in [1.165, 1.54) is 24.3 Å². The number of nitro groups is 1. The minimum absolute atomic E-state index is 0.00221. The summed E-state index contributed by atoms with van der Waals surface area (Å²) in [5, 5.41) is 11.0. The zero-order valence-corrected chi connectivity index (χ0v) is 12.5. The Hall–Kier alpha value is -1.99. The van der Waals surface area contributed by atoms with E-state index in [4.69, 9.17) is 10.5 Å². The van der Waals surface area contributed by atoms with Gasteiger partial charge in [0.2, 0.25) is 0 Å². The molecule has 0 radical (unpaired) electrons. The highest BCUT2D eigenvalue weighted by Crippen LogP contribution is 2.26. The Labute approximate surface area is 128 Å². The Kier molecular flexibility index (Phi) is 4.87. The third-order valence-electron chi connectivity index (χ3n) is 2.87. The fraction of sp³-hybridized carbons (Fsp3) is 0.143. The van der Waals surface area contributed by atoms with Crippen LogP contribution in [0.5, 0.6) is 5.75 Å². The molecule has 0 aliphatic heterocycles. The lowest BCUT2D eigenvalue weighted by Crippen LogP contribution is -2.05. The van der Waals surface area contributed by atoms with Gasteiger partial charge in [-0.25, -0.2) is 4.39 Å². The maximum atomic E-state index is 13.1. The van der Waals surface area contributed by atoms with Crippen LogP contribution in [0.25, 0.3) is 0 Å². The van der Waals surface area contributed by atoms with Gasteiger partial charge in [0.05, 0.1) is 10.5 Å². The third kappa shape index (κ3) is 3.77. The average Bonchev–Trinajstić information content (AvgIpc) is 2.46. The first-order valence-corrected chi connectivity index (χ1v) is 6.84. The topological polar surface area (TPSA) is 78.4 Å². The van der Waals surface area contributed by atoms with Gasteiger partial charge >= 0.3 is 0 Å². The summed E-state index contributed by atoms with van der Waals surface area (Å²) in [6.07, 6.45) is 0. The number of hydrogen-bond acceptors (Lipinski definition) is 4. The molecule has 2 rings (SSSR count). The molecular formula is C14H12BrFN2O3. The molecule has 0 aromatic heterocycles. The molecule has 0 amide bonds. The van der Waals surface area contributed by atoms with Gasteiger partial charge < -0.3 is 10.5 Å². The molecule has 0 bridgehead atoms. The van der Waals surface area contributed by atoms with Crippen molar-refractivity contribution in [2.24, 2.45) is 5.73 Å². The zero-order chi connectivity index (χ0) is 15.4. The first-order valence-electron chi connectivity index (χ1n) is 6.05. The molecule has 110 valence electrons. The number of hydrogen-bond donors (Lipinski definition) is 1. The SMILES string of the molecule is NCc1cc(F)ccc1OCc1ccc(Br)cc1[N+](=O)[O-]. The summed E-state index contributed by atoms with van der Waals surface area (Å²) in [6.45, 7) is 0.123. The third-order valence-corrected chi connectivity index (χ3v) is 3.36. The molecule has 2 N–H and O–H groups in total. The van der Waals surface area contributed by atoms with Crippen LogP contribution >= 0.6 is 15.9 Å². The van der Waals surface area contributed by atoms with Gasteiger partial charge in [-0.2, -0.15) is 0 Å². The average molecular weight is 355 g/mol. The number of halogens is 2. The minimum atomic E-state index is -0.474.